The maximum Gasteiger partial charge on any atom is 0.292 e. The molecule has 0 aliphatic rings. The van der Waals surface area contributed by atoms with Crippen LogP contribution in [-0.4, -0.2) is 19.7 Å². The Balaban J connectivity index is 2.30. The minimum atomic E-state index is -0.398. The predicted octanol–water partition coefficient (Wildman–Crippen LogP) is 2.20. The second-order valence-electron chi connectivity index (χ2n) is 4.44. The Bertz CT molecular complexity index is 608. The largest absolute Gasteiger partial charge is 0.370 e. The smallest absolute Gasteiger partial charge is 0.292 e. The van der Waals surface area contributed by atoms with E-state index in [9.17, 15) is 10.1 Å². The minimum Gasteiger partial charge on any atom is -0.370 e. The first-order valence-corrected chi connectivity index (χ1v) is 5.84. The highest BCUT2D eigenvalue weighted by molar-refractivity contribution is 5.63. The van der Waals surface area contributed by atoms with Crippen LogP contribution in [0.2, 0.25) is 0 Å². The summed E-state index contributed by atoms with van der Waals surface area (Å²) in [6, 6.07) is 4.80. The molecular formula is C12H15N5O2. The van der Waals surface area contributed by atoms with Crippen molar-refractivity contribution < 1.29 is 4.92 Å². The summed E-state index contributed by atoms with van der Waals surface area (Å²) in [6.45, 7) is 3.78. The van der Waals surface area contributed by atoms with E-state index in [1.807, 2.05) is 20.9 Å². The molecule has 1 aromatic heterocycles. The Labute approximate surface area is 110 Å². The standard InChI is InChI=1S/C12H15N5O2/c1-8-4-5-11(17(18)19)10(6-8)14-9(2)12-15-13-7-16(12)3/h4-7,9,14H,1-3H3. The Kier molecular flexibility index (Phi) is 3.46. The highest BCUT2D eigenvalue weighted by Crippen LogP contribution is 2.28. The van der Waals surface area contributed by atoms with E-state index in [0.29, 0.717) is 5.69 Å². The van der Waals surface area contributed by atoms with Crippen LogP contribution in [0.15, 0.2) is 24.5 Å². The van der Waals surface area contributed by atoms with E-state index >= 15 is 0 Å². The molecule has 0 saturated carbocycles. The maximum atomic E-state index is 11.0. The van der Waals surface area contributed by atoms with Crippen LogP contribution in [0.1, 0.15) is 24.4 Å². The molecule has 1 heterocycles. The molecule has 1 atom stereocenters. The molecule has 1 N–H and O–H groups in total. The monoisotopic (exact) mass is 261 g/mol. The Morgan fingerprint density at radius 3 is 2.79 bits per heavy atom. The Morgan fingerprint density at radius 1 is 1.47 bits per heavy atom. The summed E-state index contributed by atoms with van der Waals surface area (Å²) in [6.07, 6.45) is 1.60. The van der Waals surface area contributed by atoms with Gasteiger partial charge in [-0.3, -0.25) is 10.1 Å². The fourth-order valence-electron chi connectivity index (χ4n) is 1.91. The third kappa shape index (κ3) is 2.70. The molecule has 7 heteroatoms. The van der Waals surface area contributed by atoms with Crippen molar-refractivity contribution in [1.29, 1.82) is 0 Å². The van der Waals surface area contributed by atoms with E-state index in [2.05, 4.69) is 15.5 Å². The highest BCUT2D eigenvalue weighted by Gasteiger charge is 2.18. The molecular weight excluding hydrogens is 246 g/mol. The first kappa shape index (κ1) is 13.0. The Hall–Kier alpha value is -2.44. The van der Waals surface area contributed by atoms with Crippen LogP contribution >= 0.6 is 0 Å². The lowest BCUT2D eigenvalue weighted by Crippen LogP contribution is -2.13. The van der Waals surface area contributed by atoms with Gasteiger partial charge in [-0.2, -0.15) is 0 Å². The number of nitrogens with one attached hydrogen (secondary N) is 1. The zero-order valence-corrected chi connectivity index (χ0v) is 11.0. The van der Waals surface area contributed by atoms with Gasteiger partial charge in [0.05, 0.1) is 11.0 Å². The average molecular weight is 261 g/mol. The number of aryl methyl sites for hydroxylation is 2. The van der Waals surface area contributed by atoms with Gasteiger partial charge in [0.1, 0.15) is 12.0 Å². The topological polar surface area (TPSA) is 85.9 Å². The lowest BCUT2D eigenvalue weighted by molar-refractivity contribution is -0.384. The second-order valence-corrected chi connectivity index (χ2v) is 4.44. The number of aromatic nitrogens is 3. The number of nitro benzene ring substituents is 1. The van der Waals surface area contributed by atoms with Crippen LogP contribution in [0.4, 0.5) is 11.4 Å². The zero-order valence-electron chi connectivity index (χ0n) is 11.0. The summed E-state index contributed by atoms with van der Waals surface area (Å²) in [7, 11) is 1.83. The fourth-order valence-corrected chi connectivity index (χ4v) is 1.91. The number of benzene rings is 1. The third-order valence-electron chi connectivity index (χ3n) is 2.85. The second kappa shape index (κ2) is 5.05. The van der Waals surface area contributed by atoms with Gasteiger partial charge in [-0.05, 0) is 25.5 Å². The van der Waals surface area contributed by atoms with E-state index in [1.165, 1.54) is 6.07 Å². The highest BCUT2D eigenvalue weighted by atomic mass is 16.6. The molecule has 0 aliphatic carbocycles. The Morgan fingerprint density at radius 2 is 2.21 bits per heavy atom. The molecule has 100 valence electrons. The van der Waals surface area contributed by atoms with Crippen molar-refractivity contribution in [2.75, 3.05) is 5.32 Å². The molecule has 0 fully saturated rings. The van der Waals surface area contributed by atoms with Crippen LogP contribution in [0.5, 0.6) is 0 Å². The average Bonchev–Trinajstić information content (AvgIpc) is 2.75. The van der Waals surface area contributed by atoms with Crippen LogP contribution in [-0.2, 0) is 7.05 Å². The number of nitro groups is 1. The number of anilines is 1. The molecule has 19 heavy (non-hydrogen) atoms. The van der Waals surface area contributed by atoms with Gasteiger partial charge < -0.3 is 9.88 Å². The number of rotatable bonds is 4. The van der Waals surface area contributed by atoms with Crippen molar-refractivity contribution in [3.63, 3.8) is 0 Å². The van der Waals surface area contributed by atoms with Gasteiger partial charge in [0, 0.05) is 13.1 Å². The molecule has 7 nitrogen and oxygen atoms in total. The number of hydrogen-bond donors (Lipinski definition) is 1. The van der Waals surface area contributed by atoms with Crippen molar-refractivity contribution in [3.05, 3.63) is 46.0 Å². The first-order chi connectivity index (χ1) is 8.99. The quantitative estimate of drug-likeness (QED) is 0.673. The van der Waals surface area contributed by atoms with Crippen LogP contribution in [0, 0.1) is 17.0 Å². The molecule has 0 spiro atoms. The summed E-state index contributed by atoms with van der Waals surface area (Å²) in [5, 5.41) is 21.9. The molecule has 0 radical (unpaired) electrons. The molecule has 0 bridgehead atoms. The fraction of sp³-hybridized carbons (Fsp3) is 0.333. The van der Waals surface area contributed by atoms with Crippen molar-refractivity contribution in [3.8, 4) is 0 Å². The van der Waals surface area contributed by atoms with E-state index in [-0.39, 0.29) is 11.7 Å². The van der Waals surface area contributed by atoms with E-state index in [0.717, 1.165) is 11.4 Å². The summed E-state index contributed by atoms with van der Waals surface area (Å²) in [5.41, 5.74) is 1.50. The van der Waals surface area contributed by atoms with E-state index in [1.54, 1.807) is 23.0 Å². The van der Waals surface area contributed by atoms with Crippen molar-refractivity contribution in [2.24, 2.45) is 7.05 Å². The van der Waals surface area contributed by atoms with Gasteiger partial charge in [0.15, 0.2) is 5.82 Å². The summed E-state index contributed by atoms with van der Waals surface area (Å²) < 4.78 is 1.78. The maximum absolute atomic E-state index is 11.0. The molecule has 2 aromatic rings. The summed E-state index contributed by atoms with van der Waals surface area (Å²) >= 11 is 0. The van der Waals surface area contributed by atoms with Crippen molar-refractivity contribution in [2.45, 2.75) is 19.9 Å². The van der Waals surface area contributed by atoms with Gasteiger partial charge in [0.2, 0.25) is 0 Å². The molecule has 0 amide bonds. The SMILES string of the molecule is Cc1ccc([N+](=O)[O-])c(NC(C)c2nncn2C)c1. The summed E-state index contributed by atoms with van der Waals surface area (Å²) in [4.78, 5) is 10.6. The third-order valence-corrected chi connectivity index (χ3v) is 2.85. The van der Waals surface area contributed by atoms with Gasteiger partial charge in [-0.25, -0.2) is 0 Å². The van der Waals surface area contributed by atoms with Crippen molar-refractivity contribution >= 4 is 11.4 Å². The van der Waals surface area contributed by atoms with Gasteiger partial charge in [0.25, 0.3) is 5.69 Å². The van der Waals surface area contributed by atoms with Crippen LogP contribution in [0.3, 0.4) is 0 Å². The molecule has 1 unspecified atom stereocenters. The predicted molar refractivity (Wildman–Crippen MR) is 70.9 cm³/mol. The lowest BCUT2D eigenvalue weighted by atomic mass is 10.1. The normalized spacial score (nSPS) is 12.2. The molecule has 1 aromatic carbocycles. The van der Waals surface area contributed by atoms with Crippen LogP contribution in [0.25, 0.3) is 0 Å². The van der Waals surface area contributed by atoms with E-state index < -0.39 is 4.92 Å². The zero-order chi connectivity index (χ0) is 14.0. The van der Waals surface area contributed by atoms with E-state index in [4.69, 9.17) is 0 Å². The van der Waals surface area contributed by atoms with Gasteiger partial charge >= 0.3 is 0 Å². The number of nitrogens with zero attached hydrogens (tertiary/aromatic N) is 4. The van der Waals surface area contributed by atoms with Gasteiger partial charge in [-0.15, -0.1) is 10.2 Å². The minimum absolute atomic E-state index is 0.0552. The van der Waals surface area contributed by atoms with Crippen molar-refractivity contribution in [1.82, 2.24) is 14.8 Å². The lowest BCUT2D eigenvalue weighted by Gasteiger charge is -2.14. The first-order valence-electron chi connectivity index (χ1n) is 5.84. The molecule has 0 saturated heterocycles. The summed E-state index contributed by atoms with van der Waals surface area (Å²) in [5.74, 6) is 0.718. The van der Waals surface area contributed by atoms with Crippen LogP contribution < -0.4 is 5.32 Å². The number of hydrogen-bond acceptors (Lipinski definition) is 5. The molecule has 2 rings (SSSR count). The van der Waals surface area contributed by atoms with Gasteiger partial charge in [-0.1, -0.05) is 6.07 Å². The molecule has 0 aliphatic heterocycles.